The van der Waals surface area contributed by atoms with Gasteiger partial charge in [0.2, 0.25) is 0 Å². The number of rotatable bonds is 1. The molecule has 1 aromatic rings. The average Bonchev–Trinajstić information content (AvgIpc) is 2.54. The molecular formula is C9H13NO2. The Balaban J connectivity index is 2.08. The van der Waals surface area contributed by atoms with Crippen LogP contribution in [0, 0.1) is 6.92 Å². The summed E-state index contributed by atoms with van der Waals surface area (Å²) in [4.78, 5) is 0. The van der Waals surface area contributed by atoms with E-state index in [0.717, 1.165) is 24.7 Å². The molecule has 0 radical (unpaired) electrons. The molecule has 1 fully saturated rings. The molecule has 0 aliphatic carbocycles. The minimum atomic E-state index is 0.243. The van der Waals surface area contributed by atoms with Crippen LogP contribution in [0.4, 0.5) is 0 Å². The van der Waals surface area contributed by atoms with Crippen LogP contribution in [-0.4, -0.2) is 19.8 Å². The molecule has 1 atom stereocenters. The Bertz CT molecular complexity index is 251. The van der Waals surface area contributed by atoms with Crippen LogP contribution in [0.25, 0.3) is 0 Å². The Hall–Kier alpha value is -0.800. The first-order valence-corrected chi connectivity index (χ1v) is 4.24. The highest BCUT2D eigenvalue weighted by Crippen LogP contribution is 2.17. The second kappa shape index (κ2) is 3.29. The Labute approximate surface area is 71.7 Å². The van der Waals surface area contributed by atoms with Crippen LogP contribution in [0.15, 0.2) is 16.5 Å². The maximum absolute atomic E-state index is 5.48. The van der Waals surface area contributed by atoms with E-state index in [9.17, 15) is 0 Å². The average molecular weight is 167 g/mol. The molecule has 3 heteroatoms. The Morgan fingerprint density at radius 3 is 3.00 bits per heavy atom. The summed E-state index contributed by atoms with van der Waals surface area (Å²) in [7, 11) is 0. The lowest BCUT2D eigenvalue weighted by Gasteiger charge is -2.21. The minimum absolute atomic E-state index is 0.243. The van der Waals surface area contributed by atoms with Crippen LogP contribution in [-0.2, 0) is 4.74 Å². The number of aryl methyl sites for hydroxylation is 1. The van der Waals surface area contributed by atoms with Crippen LogP contribution in [0.1, 0.15) is 17.6 Å². The van der Waals surface area contributed by atoms with Gasteiger partial charge in [0.1, 0.15) is 11.5 Å². The number of hydrogen-bond acceptors (Lipinski definition) is 3. The third kappa shape index (κ3) is 1.52. The zero-order valence-corrected chi connectivity index (χ0v) is 7.17. The topological polar surface area (TPSA) is 34.4 Å². The van der Waals surface area contributed by atoms with Gasteiger partial charge in [-0.15, -0.1) is 0 Å². The van der Waals surface area contributed by atoms with Crippen molar-refractivity contribution in [3.05, 3.63) is 23.7 Å². The predicted molar refractivity (Wildman–Crippen MR) is 45.0 cm³/mol. The van der Waals surface area contributed by atoms with Crippen LogP contribution in [0.3, 0.4) is 0 Å². The lowest BCUT2D eigenvalue weighted by atomic mass is 10.2. The monoisotopic (exact) mass is 167 g/mol. The summed E-state index contributed by atoms with van der Waals surface area (Å²) in [6, 6.07) is 4.22. The van der Waals surface area contributed by atoms with Gasteiger partial charge >= 0.3 is 0 Å². The van der Waals surface area contributed by atoms with E-state index < -0.39 is 0 Å². The second-order valence-corrected chi connectivity index (χ2v) is 3.03. The standard InChI is InChI=1S/C9H13NO2/c1-7-2-3-9(12-7)8-6-11-5-4-10-8/h2-3,8,10H,4-6H2,1H3/t8-/m0/s1. The molecule has 1 aliphatic heterocycles. The van der Waals surface area contributed by atoms with Crippen LogP contribution < -0.4 is 5.32 Å². The Morgan fingerprint density at radius 1 is 1.50 bits per heavy atom. The molecule has 1 N–H and O–H groups in total. The van der Waals surface area contributed by atoms with Crippen LogP contribution >= 0.6 is 0 Å². The Kier molecular flexibility index (Phi) is 2.15. The molecule has 0 unspecified atom stereocenters. The van der Waals surface area contributed by atoms with Crippen molar-refractivity contribution in [3.63, 3.8) is 0 Å². The molecule has 3 nitrogen and oxygen atoms in total. The fourth-order valence-corrected chi connectivity index (χ4v) is 1.39. The predicted octanol–water partition coefficient (Wildman–Crippen LogP) is 1.25. The summed E-state index contributed by atoms with van der Waals surface area (Å²) >= 11 is 0. The summed E-state index contributed by atoms with van der Waals surface area (Å²) in [5.41, 5.74) is 0. The van der Waals surface area contributed by atoms with Crippen molar-refractivity contribution in [2.45, 2.75) is 13.0 Å². The quantitative estimate of drug-likeness (QED) is 0.683. The normalized spacial score (nSPS) is 24.2. The van der Waals surface area contributed by atoms with E-state index in [1.807, 2.05) is 19.1 Å². The maximum atomic E-state index is 5.48. The third-order valence-electron chi connectivity index (χ3n) is 2.03. The van der Waals surface area contributed by atoms with Crippen molar-refractivity contribution >= 4 is 0 Å². The highest BCUT2D eigenvalue weighted by Gasteiger charge is 2.17. The fraction of sp³-hybridized carbons (Fsp3) is 0.556. The first-order valence-electron chi connectivity index (χ1n) is 4.24. The van der Waals surface area contributed by atoms with Crippen molar-refractivity contribution in [2.75, 3.05) is 19.8 Å². The SMILES string of the molecule is Cc1ccc([C@@H]2COCCN2)o1. The summed E-state index contributed by atoms with van der Waals surface area (Å²) < 4.78 is 10.8. The van der Waals surface area contributed by atoms with Gasteiger partial charge in [-0.05, 0) is 19.1 Å². The molecule has 0 amide bonds. The molecule has 0 aromatic carbocycles. The number of furan rings is 1. The molecule has 1 saturated heterocycles. The van der Waals surface area contributed by atoms with Gasteiger partial charge in [-0.2, -0.15) is 0 Å². The molecular weight excluding hydrogens is 154 g/mol. The van der Waals surface area contributed by atoms with E-state index in [1.165, 1.54) is 0 Å². The molecule has 2 rings (SSSR count). The summed E-state index contributed by atoms with van der Waals surface area (Å²) in [5.74, 6) is 1.93. The summed E-state index contributed by atoms with van der Waals surface area (Å²) in [5, 5.41) is 3.33. The van der Waals surface area contributed by atoms with Gasteiger partial charge < -0.3 is 14.5 Å². The highest BCUT2D eigenvalue weighted by molar-refractivity contribution is 5.10. The fourth-order valence-electron chi connectivity index (χ4n) is 1.39. The summed E-state index contributed by atoms with van der Waals surface area (Å²) in [6.07, 6.45) is 0. The van der Waals surface area contributed by atoms with Crippen molar-refractivity contribution in [3.8, 4) is 0 Å². The first kappa shape index (κ1) is 7.83. The van der Waals surface area contributed by atoms with Crippen molar-refractivity contribution in [1.29, 1.82) is 0 Å². The molecule has 1 aromatic heterocycles. The molecule has 2 heterocycles. The highest BCUT2D eigenvalue weighted by atomic mass is 16.5. The van der Waals surface area contributed by atoms with Crippen molar-refractivity contribution in [1.82, 2.24) is 5.32 Å². The van der Waals surface area contributed by atoms with Crippen molar-refractivity contribution < 1.29 is 9.15 Å². The lowest BCUT2D eigenvalue weighted by Crippen LogP contribution is -2.34. The second-order valence-electron chi connectivity index (χ2n) is 3.03. The molecule has 0 saturated carbocycles. The number of ether oxygens (including phenoxy) is 1. The van der Waals surface area contributed by atoms with Gasteiger partial charge in [-0.1, -0.05) is 0 Å². The van der Waals surface area contributed by atoms with E-state index >= 15 is 0 Å². The molecule has 66 valence electrons. The number of hydrogen-bond donors (Lipinski definition) is 1. The van der Waals surface area contributed by atoms with E-state index in [2.05, 4.69) is 5.32 Å². The first-order chi connectivity index (χ1) is 5.86. The maximum Gasteiger partial charge on any atom is 0.123 e. The molecule has 1 aliphatic rings. The zero-order chi connectivity index (χ0) is 8.39. The van der Waals surface area contributed by atoms with Gasteiger partial charge in [0.15, 0.2) is 0 Å². The van der Waals surface area contributed by atoms with Crippen LogP contribution in [0.5, 0.6) is 0 Å². The Morgan fingerprint density at radius 2 is 2.42 bits per heavy atom. The largest absolute Gasteiger partial charge is 0.465 e. The zero-order valence-electron chi connectivity index (χ0n) is 7.17. The van der Waals surface area contributed by atoms with E-state index in [-0.39, 0.29) is 6.04 Å². The molecule has 12 heavy (non-hydrogen) atoms. The van der Waals surface area contributed by atoms with Gasteiger partial charge in [-0.3, -0.25) is 0 Å². The number of morpholine rings is 1. The van der Waals surface area contributed by atoms with Crippen LogP contribution in [0.2, 0.25) is 0 Å². The van der Waals surface area contributed by atoms with Gasteiger partial charge in [0.05, 0.1) is 19.3 Å². The molecule has 0 bridgehead atoms. The van der Waals surface area contributed by atoms with E-state index in [1.54, 1.807) is 0 Å². The molecule has 0 spiro atoms. The summed E-state index contributed by atoms with van der Waals surface area (Å²) in [6.45, 7) is 4.38. The smallest absolute Gasteiger partial charge is 0.123 e. The van der Waals surface area contributed by atoms with E-state index in [4.69, 9.17) is 9.15 Å². The van der Waals surface area contributed by atoms with Crippen molar-refractivity contribution in [2.24, 2.45) is 0 Å². The van der Waals surface area contributed by atoms with E-state index in [0.29, 0.717) is 6.61 Å². The number of nitrogens with one attached hydrogen (secondary N) is 1. The minimum Gasteiger partial charge on any atom is -0.465 e. The van der Waals surface area contributed by atoms with Gasteiger partial charge in [-0.25, -0.2) is 0 Å². The van der Waals surface area contributed by atoms with Gasteiger partial charge in [0, 0.05) is 6.54 Å². The third-order valence-corrected chi connectivity index (χ3v) is 2.03. The lowest BCUT2D eigenvalue weighted by molar-refractivity contribution is 0.0696. The van der Waals surface area contributed by atoms with Gasteiger partial charge in [0.25, 0.3) is 0 Å².